The van der Waals surface area contributed by atoms with E-state index in [9.17, 15) is 14.4 Å². The molecule has 1 aromatic rings. The van der Waals surface area contributed by atoms with Gasteiger partial charge in [-0.15, -0.1) is 0 Å². The molecule has 27 heavy (non-hydrogen) atoms. The number of carbonyl (C=O) groups excluding carboxylic acids is 3. The lowest BCUT2D eigenvalue weighted by Gasteiger charge is -2.34. The molecule has 2 N–H and O–H groups in total. The third-order valence-corrected chi connectivity index (χ3v) is 6.26. The first-order valence-electron chi connectivity index (χ1n) is 9.73. The Morgan fingerprint density at radius 1 is 1.22 bits per heavy atom. The minimum atomic E-state index is -1.14. The van der Waals surface area contributed by atoms with Crippen LogP contribution in [-0.2, 0) is 15.1 Å². The summed E-state index contributed by atoms with van der Waals surface area (Å²) >= 11 is 0. The molecule has 6 heteroatoms. The van der Waals surface area contributed by atoms with Crippen LogP contribution in [-0.4, -0.2) is 35.3 Å². The van der Waals surface area contributed by atoms with Gasteiger partial charge in [0.05, 0.1) is 0 Å². The van der Waals surface area contributed by atoms with Crippen LogP contribution in [0, 0.1) is 18.8 Å². The smallest absolute Gasteiger partial charge is 0.325 e. The summed E-state index contributed by atoms with van der Waals surface area (Å²) in [4.78, 5) is 38.9. The van der Waals surface area contributed by atoms with E-state index >= 15 is 0 Å². The van der Waals surface area contributed by atoms with Gasteiger partial charge in [-0.3, -0.25) is 14.5 Å². The van der Waals surface area contributed by atoms with E-state index in [1.807, 2.05) is 31.2 Å². The first kappa shape index (κ1) is 19.4. The van der Waals surface area contributed by atoms with E-state index in [0.29, 0.717) is 17.4 Å². The highest BCUT2D eigenvalue weighted by Crippen LogP contribution is 2.30. The molecule has 4 atom stereocenters. The van der Waals surface area contributed by atoms with Gasteiger partial charge in [-0.25, -0.2) is 4.79 Å². The van der Waals surface area contributed by atoms with Gasteiger partial charge in [0.1, 0.15) is 12.1 Å². The number of imide groups is 1. The van der Waals surface area contributed by atoms with Crippen LogP contribution in [0.25, 0.3) is 0 Å². The number of nitrogens with one attached hydrogen (secondary N) is 2. The van der Waals surface area contributed by atoms with Gasteiger partial charge in [0.25, 0.3) is 5.91 Å². The van der Waals surface area contributed by atoms with Crippen molar-refractivity contribution in [3.63, 3.8) is 0 Å². The summed E-state index contributed by atoms with van der Waals surface area (Å²) in [5, 5.41) is 5.78. The molecule has 0 unspecified atom stereocenters. The highest BCUT2D eigenvalue weighted by molar-refractivity contribution is 6.09. The molecule has 6 nitrogen and oxygen atoms in total. The molecule has 146 valence electrons. The van der Waals surface area contributed by atoms with Crippen LogP contribution in [0.3, 0.4) is 0 Å². The number of hydrogen-bond donors (Lipinski definition) is 2. The molecular weight excluding hydrogens is 342 g/mol. The van der Waals surface area contributed by atoms with Crippen LogP contribution in [0.1, 0.15) is 51.2 Å². The average Bonchev–Trinajstić information content (AvgIpc) is 2.83. The largest absolute Gasteiger partial charge is 0.352 e. The number of aryl methyl sites for hydroxylation is 1. The first-order chi connectivity index (χ1) is 12.7. The molecule has 1 heterocycles. The van der Waals surface area contributed by atoms with Crippen LogP contribution >= 0.6 is 0 Å². The quantitative estimate of drug-likeness (QED) is 0.799. The Hall–Kier alpha value is -2.37. The van der Waals surface area contributed by atoms with Crippen molar-refractivity contribution >= 4 is 17.8 Å². The summed E-state index contributed by atoms with van der Waals surface area (Å²) in [7, 11) is 0. The second-order valence-corrected chi connectivity index (χ2v) is 8.25. The molecule has 0 radical (unpaired) electrons. The number of hydrogen-bond acceptors (Lipinski definition) is 3. The van der Waals surface area contributed by atoms with Crippen molar-refractivity contribution in [3.05, 3.63) is 35.4 Å². The van der Waals surface area contributed by atoms with Gasteiger partial charge in [-0.1, -0.05) is 56.5 Å². The molecule has 4 amide bonds. The maximum absolute atomic E-state index is 12.9. The van der Waals surface area contributed by atoms with Crippen molar-refractivity contribution in [2.75, 3.05) is 6.54 Å². The monoisotopic (exact) mass is 371 g/mol. The van der Waals surface area contributed by atoms with Crippen molar-refractivity contribution < 1.29 is 14.4 Å². The third kappa shape index (κ3) is 3.70. The average molecular weight is 371 g/mol. The first-order valence-corrected chi connectivity index (χ1v) is 9.73. The van der Waals surface area contributed by atoms with Crippen LogP contribution < -0.4 is 10.6 Å². The molecule has 2 fully saturated rings. The number of benzene rings is 1. The molecule has 1 saturated heterocycles. The van der Waals surface area contributed by atoms with E-state index < -0.39 is 17.5 Å². The predicted octanol–water partition coefficient (Wildman–Crippen LogP) is 2.70. The van der Waals surface area contributed by atoms with Crippen molar-refractivity contribution in [3.8, 4) is 0 Å². The Morgan fingerprint density at radius 2 is 1.89 bits per heavy atom. The highest BCUT2D eigenvalue weighted by Gasteiger charge is 2.49. The highest BCUT2D eigenvalue weighted by atomic mass is 16.2. The Morgan fingerprint density at radius 3 is 2.56 bits per heavy atom. The fourth-order valence-corrected chi connectivity index (χ4v) is 4.10. The molecule has 3 rings (SSSR count). The van der Waals surface area contributed by atoms with E-state index in [0.717, 1.165) is 23.3 Å². The van der Waals surface area contributed by atoms with Crippen molar-refractivity contribution in [2.45, 2.75) is 58.5 Å². The van der Waals surface area contributed by atoms with E-state index in [1.54, 1.807) is 6.92 Å². The zero-order valence-electron chi connectivity index (χ0n) is 16.5. The van der Waals surface area contributed by atoms with Crippen LogP contribution in [0.2, 0.25) is 0 Å². The van der Waals surface area contributed by atoms with E-state index in [1.165, 1.54) is 6.42 Å². The van der Waals surface area contributed by atoms with Gasteiger partial charge in [0.2, 0.25) is 5.91 Å². The third-order valence-electron chi connectivity index (χ3n) is 6.26. The molecule has 1 saturated carbocycles. The van der Waals surface area contributed by atoms with Gasteiger partial charge < -0.3 is 10.6 Å². The topological polar surface area (TPSA) is 78.5 Å². The molecule has 0 bridgehead atoms. The fraction of sp³-hybridized carbons (Fsp3) is 0.571. The van der Waals surface area contributed by atoms with E-state index in [2.05, 4.69) is 24.5 Å². The molecular formula is C21H29N3O3. The van der Waals surface area contributed by atoms with Crippen molar-refractivity contribution in [2.24, 2.45) is 11.8 Å². The molecule has 0 aromatic heterocycles. The molecule has 2 aliphatic rings. The fourth-order valence-electron chi connectivity index (χ4n) is 4.10. The lowest BCUT2D eigenvalue weighted by molar-refractivity contribution is -0.135. The van der Waals surface area contributed by atoms with E-state index in [4.69, 9.17) is 0 Å². The van der Waals surface area contributed by atoms with Gasteiger partial charge in [-0.05, 0) is 37.7 Å². The summed E-state index contributed by atoms with van der Waals surface area (Å²) in [6, 6.07) is 7.06. The summed E-state index contributed by atoms with van der Waals surface area (Å²) in [6.07, 6.45) is 3.21. The van der Waals surface area contributed by atoms with Crippen LogP contribution in [0.15, 0.2) is 24.3 Å². The van der Waals surface area contributed by atoms with E-state index in [-0.39, 0.29) is 18.5 Å². The standard InChI is InChI=1S/C21H29N3O3/c1-13-8-10-16(11-9-13)21(4)19(26)24(20(27)23-21)12-18(25)22-17-7-5-6-14(2)15(17)3/h8-11,14-15,17H,5-7,12H2,1-4H3,(H,22,25)(H,23,27)/t14-,15-,17-,21+/m0/s1. The molecule has 1 aromatic carbocycles. The number of rotatable bonds is 4. The van der Waals surface area contributed by atoms with Gasteiger partial charge >= 0.3 is 6.03 Å². The Bertz CT molecular complexity index is 746. The SMILES string of the molecule is Cc1ccc([C@@]2(C)NC(=O)N(CC(=O)N[C@H]3CCC[C@H](C)[C@@H]3C)C2=O)cc1. The summed E-state index contributed by atoms with van der Waals surface area (Å²) in [6.45, 7) is 7.75. The Balaban J connectivity index is 1.68. The number of carbonyl (C=O) groups is 3. The minimum Gasteiger partial charge on any atom is -0.352 e. The summed E-state index contributed by atoms with van der Waals surface area (Å²) in [5.41, 5.74) is 0.646. The van der Waals surface area contributed by atoms with Crippen LogP contribution in [0.4, 0.5) is 4.79 Å². The lowest BCUT2D eigenvalue weighted by atomic mass is 9.78. The second kappa shape index (κ2) is 7.33. The zero-order valence-corrected chi connectivity index (χ0v) is 16.5. The number of nitrogens with zero attached hydrogens (tertiary/aromatic N) is 1. The minimum absolute atomic E-state index is 0.102. The maximum atomic E-state index is 12.9. The maximum Gasteiger partial charge on any atom is 0.325 e. The zero-order chi connectivity index (χ0) is 19.8. The Labute approximate surface area is 160 Å². The predicted molar refractivity (Wildman–Crippen MR) is 103 cm³/mol. The van der Waals surface area contributed by atoms with Crippen LogP contribution in [0.5, 0.6) is 0 Å². The van der Waals surface area contributed by atoms with Gasteiger partial charge in [0, 0.05) is 6.04 Å². The lowest BCUT2D eigenvalue weighted by Crippen LogP contribution is -2.48. The Kier molecular flexibility index (Phi) is 5.27. The molecule has 1 aliphatic carbocycles. The normalized spacial score (nSPS) is 31.0. The van der Waals surface area contributed by atoms with Crippen molar-refractivity contribution in [1.29, 1.82) is 0 Å². The van der Waals surface area contributed by atoms with Gasteiger partial charge in [0.15, 0.2) is 0 Å². The molecule has 1 aliphatic heterocycles. The number of urea groups is 1. The summed E-state index contributed by atoms with van der Waals surface area (Å²) in [5.74, 6) is 0.281. The van der Waals surface area contributed by atoms with Gasteiger partial charge in [-0.2, -0.15) is 0 Å². The summed E-state index contributed by atoms with van der Waals surface area (Å²) < 4.78 is 0. The number of amides is 4. The molecule has 0 spiro atoms. The second-order valence-electron chi connectivity index (χ2n) is 8.25. The van der Waals surface area contributed by atoms with Crippen molar-refractivity contribution in [1.82, 2.24) is 15.5 Å².